The summed E-state index contributed by atoms with van der Waals surface area (Å²) in [5.74, 6) is -0.0654. The van der Waals surface area contributed by atoms with Crippen LogP contribution in [0.2, 0.25) is 0 Å². The summed E-state index contributed by atoms with van der Waals surface area (Å²) >= 11 is 0. The molecule has 0 bridgehead atoms. The lowest BCUT2D eigenvalue weighted by Crippen LogP contribution is -2.46. The Kier molecular flexibility index (Phi) is 5.59. The highest BCUT2D eigenvalue weighted by molar-refractivity contribution is 5.92. The average Bonchev–Trinajstić information content (AvgIpc) is 3.21. The van der Waals surface area contributed by atoms with Crippen LogP contribution in [0, 0.1) is 0 Å². The first-order chi connectivity index (χ1) is 13.7. The van der Waals surface area contributed by atoms with Gasteiger partial charge >= 0.3 is 0 Å². The maximum Gasteiger partial charge on any atom is 0.221 e. The summed E-state index contributed by atoms with van der Waals surface area (Å²) in [5, 5.41) is 8.00. The fourth-order valence-electron chi connectivity index (χ4n) is 3.53. The number of anilines is 1. The Balaban J connectivity index is 1.30. The minimum absolute atomic E-state index is 0.0654. The molecule has 2 aromatic heterocycles. The maximum absolute atomic E-state index is 11.2. The summed E-state index contributed by atoms with van der Waals surface area (Å²) in [5.41, 5.74) is 2.84. The Morgan fingerprint density at radius 2 is 1.89 bits per heavy atom. The molecule has 1 N–H and O–H groups in total. The number of rotatable bonds is 6. The van der Waals surface area contributed by atoms with Crippen LogP contribution in [-0.2, 0) is 17.9 Å². The highest BCUT2D eigenvalue weighted by Crippen LogP contribution is 2.19. The van der Waals surface area contributed by atoms with Crippen molar-refractivity contribution in [1.82, 2.24) is 29.5 Å². The molecule has 0 saturated carbocycles. The van der Waals surface area contributed by atoms with Crippen LogP contribution in [0.15, 0.2) is 43.0 Å². The first-order valence-corrected chi connectivity index (χ1v) is 9.60. The van der Waals surface area contributed by atoms with E-state index in [1.54, 1.807) is 12.7 Å². The first-order valence-electron chi connectivity index (χ1n) is 9.60. The van der Waals surface area contributed by atoms with Gasteiger partial charge in [0.1, 0.15) is 12.7 Å². The Morgan fingerprint density at radius 3 is 2.64 bits per heavy atom. The van der Waals surface area contributed by atoms with Gasteiger partial charge in [0.2, 0.25) is 5.91 Å². The molecule has 3 heterocycles. The molecule has 4 rings (SSSR count). The van der Waals surface area contributed by atoms with Crippen LogP contribution >= 0.6 is 0 Å². The molecular formula is C20H25N7O. The second-order valence-electron chi connectivity index (χ2n) is 7.17. The Morgan fingerprint density at radius 1 is 1.07 bits per heavy atom. The highest BCUT2D eigenvalue weighted by atomic mass is 16.1. The van der Waals surface area contributed by atoms with Crippen molar-refractivity contribution in [3.8, 4) is 0 Å². The third-order valence-electron chi connectivity index (χ3n) is 5.03. The standard InChI is InChI=1S/C20H25N7O/c1-16(28)23-18-4-5-20-17(12-18)2-3-19(24-20)13-26-8-6-25(7-9-26)10-11-27-15-21-14-22-27/h2-5,12,14-15H,6-11,13H2,1H3,(H,23,28). The van der Waals surface area contributed by atoms with Crippen molar-refractivity contribution < 1.29 is 4.79 Å². The zero-order valence-corrected chi connectivity index (χ0v) is 16.1. The van der Waals surface area contributed by atoms with Gasteiger partial charge in [-0.1, -0.05) is 6.07 Å². The molecule has 1 aromatic carbocycles. The number of nitrogens with one attached hydrogen (secondary N) is 1. The van der Waals surface area contributed by atoms with Crippen LogP contribution in [0.5, 0.6) is 0 Å². The molecule has 1 fully saturated rings. The van der Waals surface area contributed by atoms with E-state index in [1.165, 1.54) is 6.92 Å². The molecule has 8 nitrogen and oxygen atoms in total. The third-order valence-corrected chi connectivity index (χ3v) is 5.03. The monoisotopic (exact) mass is 379 g/mol. The van der Waals surface area contributed by atoms with Gasteiger partial charge < -0.3 is 5.32 Å². The molecule has 146 valence electrons. The SMILES string of the molecule is CC(=O)Nc1ccc2nc(CN3CCN(CCn4cncn4)CC3)ccc2c1. The normalized spacial score (nSPS) is 15.8. The maximum atomic E-state index is 11.2. The van der Waals surface area contributed by atoms with E-state index in [9.17, 15) is 4.79 Å². The minimum atomic E-state index is -0.0654. The Hall–Kier alpha value is -2.84. The van der Waals surface area contributed by atoms with Crippen molar-refractivity contribution in [2.45, 2.75) is 20.0 Å². The number of carbonyl (C=O) groups is 1. The van der Waals surface area contributed by atoms with Gasteiger partial charge in [-0.05, 0) is 24.3 Å². The number of piperazine rings is 1. The first kappa shape index (κ1) is 18.5. The highest BCUT2D eigenvalue weighted by Gasteiger charge is 2.17. The largest absolute Gasteiger partial charge is 0.326 e. The number of fused-ring (bicyclic) bond motifs is 1. The van der Waals surface area contributed by atoms with Gasteiger partial charge in [-0.3, -0.25) is 24.3 Å². The molecule has 1 saturated heterocycles. The second kappa shape index (κ2) is 8.45. The van der Waals surface area contributed by atoms with Crippen LogP contribution < -0.4 is 5.32 Å². The summed E-state index contributed by atoms with van der Waals surface area (Å²) in [4.78, 5) is 24.9. The molecule has 0 aliphatic carbocycles. The zero-order valence-electron chi connectivity index (χ0n) is 16.1. The topological polar surface area (TPSA) is 79.2 Å². The van der Waals surface area contributed by atoms with E-state index in [1.807, 2.05) is 22.9 Å². The molecule has 1 amide bonds. The number of hydrogen-bond donors (Lipinski definition) is 1. The molecule has 0 atom stereocenters. The third kappa shape index (κ3) is 4.71. The van der Waals surface area contributed by atoms with Crippen molar-refractivity contribution in [2.24, 2.45) is 0 Å². The summed E-state index contributed by atoms with van der Waals surface area (Å²) in [6.07, 6.45) is 3.34. The number of nitrogens with zero attached hydrogens (tertiary/aromatic N) is 6. The average molecular weight is 379 g/mol. The summed E-state index contributed by atoms with van der Waals surface area (Å²) < 4.78 is 1.88. The van der Waals surface area contributed by atoms with Gasteiger partial charge in [-0.15, -0.1) is 0 Å². The molecule has 3 aromatic rings. The molecule has 28 heavy (non-hydrogen) atoms. The van der Waals surface area contributed by atoms with E-state index in [-0.39, 0.29) is 5.91 Å². The van der Waals surface area contributed by atoms with Gasteiger partial charge in [-0.25, -0.2) is 4.98 Å². The fraction of sp³-hybridized carbons (Fsp3) is 0.400. The van der Waals surface area contributed by atoms with Gasteiger partial charge in [0.15, 0.2) is 0 Å². The predicted molar refractivity (Wildman–Crippen MR) is 108 cm³/mol. The quantitative estimate of drug-likeness (QED) is 0.701. The van der Waals surface area contributed by atoms with E-state index in [2.05, 4.69) is 37.3 Å². The molecule has 1 aliphatic rings. The fourth-order valence-corrected chi connectivity index (χ4v) is 3.53. The summed E-state index contributed by atoms with van der Waals surface area (Å²) in [6.45, 7) is 8.46. The Labute approximate surface area is 164 Å². The van der Waals surface area contributed by atoms with Crippen molar-refractivity contribution in [2.75, 3.05) is 38.0 Å². The van der Waals surface area contributed by atoms with Crippen LogP contribution in [0.1, 0.15) is 12.6 Å². The van der Waals surface area contributed by atoms with Crippen molar-refractivity contribution in [3.05, 3.63) is 48.7 Å². The van der Waals surface area contributed by atoms with Gasteiger partial charge in [-0.2, -0.15) is 5.10 Å². The number of benzene rings is 1. The number of amides is 1. The zero-order chi connectivity index (χ0) is 19.3. The molecule has 1 aliphatic heterocycles. The van der Waals surface area contributed by atoms with Gasteiger partial charge in [0, 0.05) is 57.3 Å². The number of pyridine rings is 1. The van der Waals surface area contributed by atoms with E-state index >= 15 is 0 Å². The van der Waals surface area contributed by atoms with Crippen molar-refractivity contribution >= 4 is 22.5 Å². The lowest BCUT2D eigenvalue weighted by Gasteiger charge is -2.34. The Bertz CT molecular complexity index is 933. The minimum Gasteiger partial charge on any atom is -0.326 e. The van der Waals surface area contributed by atoms with Crippen LogP contribution in [0.4, 0.5) is 5.69 Å². The smallest absolute Gasteiger partial charge is 0.221 e. The lowest BCUT2D eigenvalue weighted by atomic mass is 10.1. The van der Waals surface area contributed by atoms with Crippen LogP contribution in [0.3, 0.4) is 0 Å². The number of hydrogen-bond acceptors (Lipinski definition) is 6. The van der Waals surface area contributed by atoms with E-state index in [0.717, 1.165) is 68.1 Å². The summed E-state index contributed by atoms with van der Waals surface area (Å²) in [7, 11) is 0. The molecule has 0 spiro atoms. The molecule has 0 radical (unpaired) electrons. The van der Waals surface area contributed by atoms with Crippen LogP contribution in [0.25, 0.3) is 10.9 Å². The van der Waals surface area contributed by atoms with Gasteiger partial charge in [0.05, 0.1) is 17.8 Å². The molecule has 0 unspecified atom stereocenters. The molecule has 8 heteroatoms. The van der Waals surface area contributed by atoms with E-state index in [4.69, 9.17) is 4.98 Å². The number of aromatic nitrogens is 4. The van der Waals surface area contributed by atoms with Crippen LogP contribution in [-0.4, -0.2) is 68.2 Å². The van der Waals surface area contributed by atoms with Crippen molar-refractivity contribution in [1.29, 1.82) is 0 Å². The van der Waals surface area contributed by atoms with Gasteiger partial charge in [0.25, 0.3) is 0 Å². The second-order valence-corrected chi connectivity index (χ2v) is 7.17. The predicted octanol–water partition coefficient (Wildman–Crippen LogP) is 1.60. The summed E-state index contributed by atoms with van der Waals surface area (Å²) in [6, 6.07) is 9.98. The van der Waals surface area contributed by atoms with E-state index < -0.39 is 0 Å². The van der Waals surface area contributed by atoms with Crippen molar-refractivity contribution in [3.63, 3.8) is 0 Å². The number of carbonyl (C=O) groups excluding carboxylic acids is 1. The lowest BCUT2D eigenvalue weighted by molar-refractivity contribution is -0.114. The van der Waals surface area contributed by atoms with E-state index in [0.29, 0.717) is 0 Å². The molecular weight excluding hydrogens is 354 g/mol.